The fourth-order valence-electron chi connectivity index (χ4n) is 6.39. The summed E-state index contributed by atoms with van der Waals surface area (Å²) in [7, 11) is 0. The summed E-state index contributed by atoms with van der Waals surface area (Å²) >= 11 is 0. The molecule has 1 aliphatic carbocycles. The van der Waals surface area contributed by atoms with Crippen molar-refractivity contribution in [3.63, 3.8) is 0 Å². The van der Waals surface area contributed by atoms with Crippen LogP contribution in [0.3, 0.4) is 0 Å². The van der Waals surface area contributed by atoms with Gasteiger partial charge in [-0.25, -0.2) is 4.98 Å². The number of nitriles is 1. The highest BCUT2D eigenvalue weighted by atomic mass is 15.2. The van der Waals surface area contributed by atoms with Gasteiger partial charge in [-0.15, -0.1) is 0 Å². The molecule has 4 heterocycles. The zero-order chi connectivity index (χ0) is 22.8. The standard InChI is InChI=1S/C29H27N5/c1-19-14-31-29-28-12-24(21-7-5-20(13-30)6-8-21)17-33(28)18-25-11-26(9-10-27(25)34(19)29)32-15-22-3-2-4-23(22)16-32/h5-12,14,17,22-23H,2-4,15-16,18H2,1H3. The van der Waals surface area contributed by atoms with Crippen LogP contribution in [0.2, 0.25) is 0 Å². The van der Waals surface area contributed by atoms with E-state index >= 15 is 0 Å². The van der Waals surface area contributed by atoms with Gasteiger partial charge in [0.15, 0.2) is 5.82 Å². The molecule has 0 bridgehead atoms. The van der Waals surface area contributed by atoms with Gasteiger partial charge in [0.2, 0.25) is 0 Å². The lowest BCUT2D eigenvalue weighted by molar-refractivity contribution is 0.494. The van der Waals surface area contributed by atoms with Gasteiger partial charge in [-0.2, -0.15) is 5.26 Å². The van der Waals surface area contributed by atoms with Crippen molar-refractivity contribution in [1.29, 1.82) is 5.26 Å². The monoisotopic (exact) mass is 445 g/mol. The Morgan fingerprint density at radius 1 is 0.971 bits per heavy atom. The Morgan fingerprint density at radius 3 is 2.53 bits per heavy atom. The van der Waals surface area contributed by atoms with Crippen molar-refractivity contribution < 1.29 is 0 Å². The zero-order valence-corrected chi connectivity index (χ0v) is 19.4. The first-order valence-electron chi connectivity index (χ1n) is 12.3. The molecule has 2 fully saturated rings. The predicted molar refractivity (Wildman–Crippen MR) is 134 cm³/mol. The second-order valence-electron chi connectivity index (χ2n) is 10.2. The van der Waals surface area contributed by atoms with Crippen LogP contribution in [0, 0.1) is 30.1 Å². The van der Waals surface area contributed by atoms with Gasteiger partial charge in [0.05, 0.1) is 23.0 Å². The van der Waals surface area contributed by atoms with E-state index in [0.717, 1.165) is 46.7 Å². The molecule has 3 aliphatic rings. The fourth-order valence-corrected chi connectivity index (χ4v) is 6.39. The highest BCUT2D eigenvalue weighted by molar-refractivity contribution is 5.73. The quantitative estimate of drug-likeness (QED) is 0.346. The van der Waals surface area contributed by atoms with Crippen LogP contribution in [-0.4, -0.2) is 27.2 Å². The third-order valence-corrected chi connectivity index (χ3v) is 8.15. The van der Waals surface area contributed by atoms with E-state index in [0.29, 0.717) is 5.56 Å². The van der Waals surface area contributed by atoms with E-state index in [1.807, 2.05) is 30.5 Å². The summed E-state index contributed by atoms with van der Waals surface area (Å²) in [5.74, 6) is 2.75. The number of nitrogens with zero attached hydrogens (tertiary/aromatic N) is 5. The molecule has 4 aromatic rings. The molecule has 34 heavy (non-hydrogen) atoms. The first kappa shape index (κ1) is 19.7. The number of rotatable bonds is 2. The molecule has 5 heteroatoms. The van der Waals surface area contributed by atoms with Crippen molar-refractivity contribution in [1.82, 2.24) is 14.1 Å². The van der Waals surface area contributed by atoms with Crippen molar-refractivity contribution >= 4 is 5.69 Å². The zero-order valence-electron chi connectivity index (χ0n) is 19.4. The van der Waals surface area contributed by atoms with Crippen LogP contribution in [0.1, 0.15) is 36.1 Å². The molecule has 1 saturated heterocycles. The molecule has 5 nitrogen and oxygen atoms in total. The van der Waals surface area contributed by atoms with Crippen molar-refractivity contribution in [2.75, 3.05) is 18.0 Å². The Labute approximate surface area is 199 Å². The lowest BCUT2D eigenvalue weighted by Gasteiger charge is -2.22. The molecule has 2 aromatic heterocycles. The Bertz CT molecular complexity index is 1440. The third kappa shape index (κ3) is 2.95. The summed E-state index contributed by atoms with van der Waals surface area (Å²) in [6.07, 6.45) is 8.41. The van der Waals surface area contributed by atoms with Crippen molar-refractivity contribution in [2.45, 2.75) is 32.7 Å². The van der Waals surface area contributed by atoms with Crippen LogP contribution in [-0.2, 0) is 6.54 Å². The van der Waals surface area contributed by atoms with Gasteiger partial charge in [0, 0.05) is 49.0 Å². The van der Waals surface area contributed by atoms with Crippen molar-refractivity contribution in [3.05, 3.63) is 77.7 Å². The average molecular weight is 446 g/mol. The maximum atomic E-state index is 9.15. The molecule has 1 saturated carbocycles. The molecular weight excluding hydrogens is 418 g/mol. The number of fused-ring (bicyclic) bond motifs is 6. The summed E-state index contributed by atoms with van der Waals surface area (Å²) in [5.41, 5.74) is 9.15. The van der Waals surface area contributed by atoms with Gasteiger partial charge < -0.3 is 9.47 Å². The number of imidazole rings is 1. The molecule has 0 N–H and O–H groups in total. The smallest absolute Gasteiger partial charge is 0.161 e. The summed E-state index contributed by atoms with van der Waals surface area (Å²) in [5, 5.41) is 9.15. The number of anilines is 1. The van der Waals surface area contributed by atoms with Crippen molar-refractivity contribution in [3.8, 4) is 34.4 Å². The second kappa shape index (κ2) is 7.36. The largest absolute Gasteiger partial charge is 0.371 e. The summed E-state index contributed by atoms with van der Waals surface area (Å²) in [6, 6.07) is 19.3. The number of hydrogen-bond donors (Lipinski definition) is 0. The normalized spacial score (nSPS) is 20.3. The SMILES string of the molecule is Cc1cnc2n1-c1ccc(N3CC4CCCC4C3)cc1Cn1cc(-c3ccc(C#N)cc3)cc1-2. The lowest BCUT2D eigenvalue weighted by atomic mass is 10.0. The highest BCUT2D eigenvalue weighted by Gasteiger charge is 2.36. The second-order valence-corrected chi connectivity index (χ2v) is 10.2. The minimum atomic E-state index is 0.684. The number of benzene rings is 2. The summed E-state index contributed by atoms with van der Waals surface area (Å²) in [6.45, 7) is 5.36. The van der Waals surface area contributed by atoms with Crippen molar-refractivity contribution in [2.24, 2.45) is 11.8 Å². The average Bonchev–Trinajstić information content (AvgIpc) is 3.62. The minimum Gasteiger partial charge on any atom is -0.371 e. The molecule has 0 amide bonds. The lowest BCUT2D eigenvalue weighted by Crippen LogP contribution is -2.21. The van der Waals surface area contributed by atoms with Gasteiger partial charge in [0.1, 0.15) is 0 Å². The Kier molecular flexibility index (Phi) is 4.26. The minimum absolute atomic E-state index is 0.684. The van der Waals surface area contributed by atoms with E-state index < -0.39 is 0 Å². The first-order chi connectivity index (χ1) is 16.7. The van der Waals surface area contributed by atoms with Crippen LogP contribution in [0.25, 0.3) is 28.3 Å². The number of hydrogen-bond acceptors (Lipinski definition) is 3. The van der Waals surface area contributed by atoms with E-state index in [-0.39, 0.29) is 0 Å². The number of aromatic nitrogens is 3. The maximum Gasteiger partial charge on any atom is 0.161 e. The molecule has 2 unspecified atom stereocenters. The topological polar surface area (TPSA) is 49.8 Å². The maximum absolute atomic E-state index is 9.15. The summed E-state index contributed by atoms with van der Waals surface area (Å²) < 4.78 is 4.64. The number of aryl methyl sites for hydroxylation is 1. The van der Waals surface area contributed by atoms with Gasteiger partial charge in [0.25, 0.3) is 0 Å². The molecule has 0 spiro atoms. The molecule has 2 aromatic carbocycles. The molecule has 0 radical (unpaired) electrons. The van der Waals surface area contributed by atoms with Crippen LogP contribution in [0.5, 0.6) is 0 Å². The first-order valence-corrected chi connectivity index (χ1v) is 12.3. The molecule has 168 valence electrons. The Morgan fingerprint density at radius 2 is 1.76 bits per heavy atom. The Balaban J connectivity index is 1.31. The Hall–Kier alpha value is -3.78. The van der Waals surface area contributed by atoms with Crippen LogP contribution in [0.15, 0.2) is 60.9 Å². The third-order valence-electron chi connectivity index (χ3n) is 8.15. The van der Waals surface area contributed by atoms with Gasteiger partial charge in [-0.05, 0) is 79.1 Å². The van der Waals surface area contributed by atoms with Crippen LogP contribution < -0.4 is 4.90 Å². The van der Waals surface area contributed by atoms with Gasteiger partial charge in [-0.3, -0.25) is 4.57 Å². The molecule has 2 atom stereocenters. The predicted octanol–water partition coefficient (Wildman–Crippen LogP) is 5.79. The van der Waals surface area contributed by atoms with Gasteiger partial charge >= 0.3 is 0 Å². The molecular formula is C29H27N5. The summed E-state index contributed by atoms with van der Waals surface area (Å²) in [4.78, 5) is 7.43. The molecule has 2 aliphatic heterocycles. The molecule has 7 rings (SSSR count). The van der Waals surface area contributed by atoms with E-state index in [1.165, 1.54) is 49.3 Å². The van der Waals surface area contributed by atoms with E-state index in [1.54, 1.807) is 0 Å². The van der Waals surface area contributed by atoms with E-state index in [2.05, 4.69) is 57.5 Å². The fraction of sp³-hybridized carbons (Fsp3) is 0.310. The van der Waals surface area contributed by atoms with Gasteiger partial charge in [-0.1, -0.05) is 18.6 Å². The highest BCUT2D eigenvalue weighted by Crippen LogP contribution is 2.41. The van der Waals surface area contributed by atoms with Crippen LogP contribution >= 0.6 is 0 Å². The van der Waals surface area contributed by atoms with E-state index in [4.69, 9.17) is 10.2 Å². The van der Waals surface area contributed by atoms with Crippen LogP contribution in [0.4, 0.5) is 5.69 Å². The van der Waals surface area contributed by atoms with E-state index in [9.17, 15) is 0 Å².